The van der Waals surface area contributed by atoms with Crippen molar-refractivity contribution in [3.63, 3.8) is 0 Å². The van der Waals surface area contributed by atoms with Crippen LogP contribution in [0.25, 0.3) is 0 Å². The van der Waals surface area contributed by atoms with Crippen LogP contribution in [0.15, 0.2) is 0 Å². The second-order valence-electron chi connectivity index (χ2n) is 4.91. The number of thiol groups is 1. The van der Waals surface area contributed by atoms with Crippen LogP contribution in [-0.2, 0) is 0 Å². The molecule has 1 saturated carbocycles. The van der Waals surface area contributed by atoms with Crippen molar-refractivity contribution in [3.05, 3.63) is 0 Å². The normalized spacial score (nSPS) is 22.0. The fourth-order valence-corrected chi connectivity index (χ4v) is 3.10. The Morgan fingerprint density at radius 1 is 1.33 bits per heavy atom. The number of thioether (sulfide) groups is 1. The SMILES string of the molecule is CC(C)(C)SCC1(CS)CCC1. The summed E-state index contributed by atoms with van der Waals surface area (Å²) in [6, 6.07) is 0. The molecule has 72 valence electrons. The molecule has 0 aromatic carbocycles. The monoisotopic (exact) mass is 204 g/mol. The Morgan fingerprint density at radius 2 is 1.92 bits per heavy atom. The predicted molar refractivity (Wildman–Crippen MR) is 62.3 cm³/mol. The van der Waals surface area contributed by atoms with Gasteiger partial charge in [-0.15, -0.1) is 0 Å². The molecule has 0 amide bonds. The van der Waals surface area contributed by atoms with Gasteiger partial charge in [0, 0.05) is 10.5 Å². The van der Waals surface area contributed by atoms with E-state index in [9.17, 15) is 0 Å². The van der Waals surface area contributed by atoms with Crippen molar-refractivity contribution in [3.8, 4) is 0 Å². The second kappa shape index (κ2) is 3.83. The fraction of sp³-hybridized carbons (Fsp3) is 1.00. The summed E-state index contributed by atoms with van der Waals surface area (Å²) >= 11 is 6.54. The maximum atomic E-state index is 4.45. The average Bonchev–Trinajstić information content (AvgIpc) is 1.84. The molecule has 0 aliphatic heterocycles. The molecule has 0 nitrogen and oxygen atoms in total. The number of hydrogen-bond acceptors (Lipinski definition) is 2. The molecule has 12 heavy (non-hydrogen) atoms. The number of rotatable bonds is 3. The van der Waals surface area contributed by atoms with Gasteiger partial charge in [-0.1, -0.05) is 27.2 Å². The van der Waals surface area contributed by atoms with Crippen LogP contribution in [-0.4, -0.2) is 16.3 Å². The van der Waals surface area contributed by atoms with Crippen LogP contribution in [0.3, 0.4) is 0 Å². The molecule has 0 aromatic rings. The average molecular weight is 204 g/mol. The van der Waals surface area contributed by atoms with E-state index in [1.807, 2.05) is 0 Å². The van der Waals surface area contributed by atoms with Crippen molar-refractivity contribution >= 4 is 24.4 Å². The van der Waals surface area contributed by atoms with E-state index >= 15 is 0 Å². The fourth-order valence-electron chi connectivity index (χ4n) is 1.39. The van der Waals surface area contributed by atoms with Gasteiger partial charge < -0.3 is 0 Å². The summed E-state index contributed by atoms with van der Waals surface area (Å²) in [4.78, 5) is 0. The highest BCUT2D eigenvalue weighted by molar-refractivity contribution is 8.00. The minimum atomic E-state index is 0.422. The van der Waals surface area contributed by atoms with Crippen LogP contribution in [0.2, 0.25) is 0 Å². The van der Waals surface area contributed by atoms with E-state index in [-0.39, 0.29) is 0 Å². The van der Waals surface area contributed by atoms with Gasteiger partial charge in [0.2, 0.25) is 0 Å². The Morgan fingerprint density at radius 3 is 2.17 bits per heavy atom. The van der Waals surface area contributed by atoms with E-state index in [2.05, 4.69) is 45.2 Å². The van der Waals surface area contributed by atoms with Crippen LogP contribution in [0, 0.1) is 5.41 Å². The Labute approximate surface area is 86.3 Å². The van der Waals surface area contributed by atoms with Crippen LogP contribution in [0.1, 0.15) is 40.0 Å². The molecule has 0 unspecified atom stereocenters. The molecule has 0 aromatic heterocycles. The first-order chi connectivity index (χ1) is 5.47. The van der Waals surface area contributed by atoms with Crippen LogP contribution in [0.5, 0.6) is 0 Å². The van der Waals surface area contributed by atoms with Gasteiger partial charge in [0.15, 0.2) is 0 Å². The van der Waals surface area contributed by atoms with Gasteiger partial charge in [-0.05, 0) is 24.0 Å². The molecule has 0 atom stereocenters. The molecular weight excluding hydrogens is 184 g/mol. The highest BCUT2D eigenvalue weighted by Crippen LogP contribution is 2.46. The lowest BCUT2D eigenvalue weighted by Gasteiger charge is -2.42. The third-order valence-electron chi connectivity index (χ3n) is 2.56. The smallest absolute Gasteiger partial charge is 0.00753 e. The highest BCUT2D eigenvalue weighted by atomic mass is 32.2. The van der Waals surface area contributed by atoms with Gasteiger partial charge in [0.25, 0.3) is 0 Å². The topological polar surface area (TPSA) is 0 Å². The van der Waals surface area contributed by atoms with Crippen molar-refractivity contribution in [1.82, 2.24) is 0 Å². The first-order valence-electron chi connectivity index (χ1n) is 4.72. The Balaban J connectivity index is 2.30. The first kappa shape index (κ1) is 10.8. The van der Waals surface area contributed by atoms with Gasteiger partial charge in [0.05, 0.1) is 0 Å². The molecule has 0 saturated heterocycles. The quantitative estimate of drug-likeness (QED) is 0.685. The third-order valence-corrected chi connectivity index (χ3v) is 4.85. The molecule has 1 aliphatic carbocycles. The van der Waals surface area contributed by atoms with Crippen molar-refractivity contribution in [2.75, 3.05) is 11.5 Å². The Bertz CT molecular complexity index is 137. The van der Waals surface area contributed by atoms with E-state index in [1.54, 1.807) is 0 Å². The standard InChI is InChI=1S/C10H20S2/c1-9(2,3)12-8-10(7-11)5-4-6-10/h11H,4-8H2,1-3H3. The lowest BCUT2D eigenvalue weighted by molar-refractivity contribution is 0.205. The molecule has 0 spiro atoms. The lowest BCUT2D eigenvalue weighted by Crippen LogP contribution is -2.35. The third kappa shape index (κ3) is 2.88. The summed E-state index contributed by atoms with van der Waals surface area (Å²) in [5.41, 5.74) is 0.598. The van der Waals surface area contributed by atoms with Crippen molar-refractivity contribution < 1.29 is 0 Å². The highest BCUT2D eigenvalue weighted by Gasteiger charge is 2.36. The molecule has 1 fully saturated rings. The van der Waals surface area contributed by atoms with E-state index in [1.165, 1.54) is 25.0 Å². The van der Waals surface area contributed by atoms with Crippen LogP contribution in [0.4, 0.5) is 0 Å². The maximum absolute atomic E-state index is 4.45. The summed E-state index contributed by atoms with van der Waals surface area (Å²) in [5, 5.41) is 0. The molecule has 1 rings (SSSR count). The zero-order valence-electron chi connectivity index (χ0n) is 8.39. The molecule has 0 N–H and O–H groups in total. The number of hydrogen-bond donors (Lipinski definition) is 1. The van der Waals surface area contributed by atoms with E-state index in [0.29, 0.717) is 10.2 Å². The van der Waals surface area contributed by atoms with E-state index in [0.717, 1.165) is 5.75 Å². The van der Waals surface area contributed by atoms with Gasteiger partial charge in [-0.25, -0.2) is 0 Å². The maximum Gasteiger partial charge on any atom is 0.00753 e. The Hall–Kier alpha value is 0.700. The molecule has 0 bridgehead atoms. The van der Waals surface area contributed by atoms with Crippen molar-refractivity contribution in [1.29, 1.82) is 0 Å². The predicted octanol–water partition coefficient (Wildman–Crippen LogP) is 3.62. The molecule has 0 heterocycles. The molecular formula is C10H20S2. The van der Waals surface area contributed by atoms with Crippen molar-refractivity contribution in [2.45, 2.75) is 44.8 Å². The minimum Gasteiger partial charge on any atom is -0.179 e. The van der Waals surface area contributed by atoms with E-state index in [4.69, 9.17) is 0 Å². The Kier molecular flexibility index (Phi) is 3.44. The molecule has 0 radical (unpaired) electrons. The summed E-state index contributed by atoms with van der Waals surface area (Å²) < 4.78 is 0.422. The van der Waals surface area contributed by atoms with Gasteiger partial charge in [-0.2, -0.15) is 24.4 Å². The zero-order chi connectivity index (χ0) is 9.24. The zero-order valence-corrected chi connectivity index (χ0v) is 10.1. The van der Waals surface area contributed by atoms with Crippen LogP contribution < -0.4 is 0 Å². The minimum absolute atomic E-state index is 0.422. The van der Waals surface area contributed by atoms with Crippen LogP contribution >= 0.6 is 24.4 Å². The largest absolute Gasteiger partial charge is 0.179 e. The van der Waals surface area contributed by atoms with Gasteiger partial charge in [-0.3, -0.25) is 0 Å². The summed E-state index contributed by atoms with van der Waals surface area (Å²) in [6.45, 7) is 6.88. The summed E-state index contributed by atoms with van der Waals surface area (Å²) in [5.74, 6) is 2.38. The van der Waals surface area contributed by atoms with Gasteiger partial charge >= 0.3 is 0 Å². The summed E-state index contributed by atoms with van der Waals surface area (Å²) in [6.07, 6.45) is 4.23. The van der Waals surface area contributed by atoms with E-state index < -0.39 is 0 Å². The molecule has 1 aliphatic rings. The van der Waals surface area contributed by atoms with Crippen molar-refractivity contribution in [2.24, 2.45) is 5.41 Å². The van der Waals surface area contributed by atoms with Gasteiger partial charge in [0.1, 0.15) is 0 Å². The second-order valence-corrected chi connectivity index (χ2v) is 7.03. The molecule has 2 heteroatoms. The lowest BCUT2D eigenvalue weighted by atomic mass is 9.72. The summed E-state index contributed by atoms with van der Waals surface area (Å²) in [7, 11) is 0. The first-order valence-corrected chi connectivity index (χ1v) is 6.34.